The largest absolute Gasteiger partial charge is 0.290 e. The molecule has 1 aromatic rings. The second-order valence-corrected chi connectivity index (χ2v) is 7.32. The number of nitrogens with zero attached hydrogens (tertiary/aromatic N) is 3. The third-order valence-electron chi connectivity index (χ3n) is 3.72. The molecule has 2 aliphatic heterocycles. The highest BCUT2D eigenvalue weighted by Gasteiger charge is 2.52. The molecule has 0 aliphatic carbocycles. The molecule has 3 nitrogen and oxygen atoms in total. The average molecular weight is 249 g/mol. The van der Waals surface area contributed by atoms with Crippen LogP contribution in [0.15, 0.2) is 12.3 Å². The van der Waals surface area contributed by atoms with Crippen molar-refractivity contribution in [2.45, 2.75) is 43.2 Å². The van der Waals surface area contributed by atoms with Gasteiger partial charge in [-0.15, -0.1) is 11.8 Å². The summed E-state index contributed by atoms with van der Waals surface area (Å²) in [6.45, 7) is 9.03. The number of hydrogen-bond donors (Lipinski definition) is 0. The van der Waals surface area contributed by atoms with Crippen LogP contribution in [0.1, 0.15) is 37.7 Å². The highest BCUT2D eigenvalue weighted by atomic mass is 32.2. The summed E-state index contributed by atoms with van der Waals surface area (Å²) in [7, 11) is 0. The van der Waals surface area contributed by atoms with Gasteiger partial charge in [0.05, 0.1) is 5.37 Å². The summed E-state index contributed by atoms with van der Waals surface area (Å²) in [5.74, 6) is 1.50. The van der Waals surface area contributed by atoms with Crippen molar-refractivity contribution in [1.29, 1.82) is 0 Å². The Hall–Kier alpha value is -0.610. The van der Waals surface area contributed by atoms with E-state index in [1.807, 2.05) is 13.1 Å². The molecule has 17 heavy (non-hydrogen) atoms. The number of hydrogen-bond acceptors (Lipinski definition) is 4. The number of aromatic nitrogens is 2. The summed E-state index contributed by atoms with van der Waals surface area (Å²) >= 11 is 2.08. The summed E-state index contributed by atoms with van der Waals surface area (Å²) < 4.78 is 0.469. The lowest BCUT2D eigenvalue weighted by molar-refractivity contribution is 0.314. The number of likely N-dealkylation sites (tertiary alicyclic amines) is 1. The Morgan fingerprint density at radius 3 is 2.88 bits per heavy atom. The highest BCUT2D eigenvalue weighted by molar-refractivity contribution is 8.08. The van der Waals surface area contributed by atoms with Crippen LogP contribution in [-0.4, -0.2) is 38.1 Å². The van der Waals surface area contributed by atoms with E-state index in [0.29, 0.717) is 10.7 Å². The molecule has 1 aromatic heterocycles. The van der Waals surface area contributed by atoms with Gasteiger partial charge in [-0.1, -0.05) is 0 Å². The Labute approximate surface area is 107 Å². The van der Waals surface area contributed by atoms with Crippen molar-refractivity contribution < 1.29 is 0 Å². The fraction of sp³-hybridized carbons (Fsp3) is 0.692. The molecule has 0 N–H and O–H groups in total. The second kappa shape index (κ2) is 3.95. The van der Waals surface area contributed by atoms with Gasteiger partial charge in [0.1, 0.15) is 5.82 Å². The van der Waals surface area contributed by atoms with Crippen molar-refractivity contribution in [3.63, 3.8) is 0 Å². The van der Waals surface area contributed by atoms with E-state index < -0.39 is 0 Å². The minimum Gasteiger partial charge on any atom is -0.290 e. The van der Waals surface area contributed by atoms with Gasteiger partial charge in [0.15, 0.2) is 0 Å². The fourth-order valence-corrected chi connectivity index (χ4v) is 3.71. The van der Waals surface area contributed by atoms with Crippen LogP contribution in [0.3, 0.4) is 0 Å². The van der Waals surface area contributed by atoms with Gasteiger partial charge in [0.25, 0.3) is 0 Å². The molecule has 92 valence electrons. The van der Waals surface area contributed by atoms with Crippen molar-refractivity contribution in [3.05, 3.63) is 23.8 Å². The monoisotopic (exact) mass is 249 g/mol. The molecule has 2 fully saturated rings. The molecule has 0 spiro atoms. The molecule has 0 radical (unpaired) electrons. The molecule has 2 saturated heterocycles. The molecule has 3 heterocycles. The molecule has 1 unspecified atom stereocenters. The van der Waals surface area contributed by atoms with Gasteiger partial charge in [0, 0.05) is 29.1 Å². The lowest BCUT2D eigenvalue weighted by atomic mass is 10.0. The van der Waals surface area contributed by atoms with Crippen LogP contribution in [-0.2, 0) is 0 Å². The Kier molecular flexibility index (Phi) is 2.67. The molecular weight excluding hydrogens is 230 g/mol. The molecule has 3 rings (SSSR count). The van der Waals surface area contributed by atoms with Crippen LogP contribution in [0.5, 0.6) is 0 Å². The van der Waals surface area contributed by atoms with E-state index >= 15 is 0 Å². The number of thioether (sulfide) groups is 1. The molecule has 0 bridgehead atoms. The third-order valence-corrected chi connectivity index (χ3v) is 5.41. The van der Waals surface area contributed by atoms with E-state index in [2.05, 4.69) is 46.5 Å². The van der Waals surface area contributed by atoms with Crippen LogP contribution in [0.4, 0.5) is 0 Å². The molecular formula is C13H19N3S. The third kappa shape index (κ3) is 2.20. The first kappa shape index (κ1) is 11.5. The average Bonchev–Trinajstić information content (AvgIpc) is 2.76. The molecule has 0 amide bonds. The quantitative estimate of drug-likeness (QED) is 0.753. The molecule has 0 aromatic carbocycles. The Morgan fingerprint density at radius 2 is 2.24 bits per heavy atom. The zero-order valence-corrected chi connectivity index (χ0v) is 11.5. The van der Waals surface area contributed by atoms with Crippen molar-refractivity contribution in [2.75, 3.05) is 13.1 Å². The van der Waals surface area contributed by atoms with Crippen LogP contribution in [0.2, 0.25) is 0 Å². The van der Waals surface area contributed by atoms with Gasteiger partial charge < -0.3 is 0 Å². The van der Waals surface area contributed by atoms with Crippen LogP contribution in [0, 0.1) is 6.92 Å². The normalized spacial score (nSPS) is 31.7. The summed E-state index contributed by atoms with van der Waals surface area (Å²) in [6.07, 6.45) is 3.12. The van der Waals surface area contributed by atoms with Crippen molar-refractivity contribution >= 4 is 11.8 Å². The number of rotatable bonds is 2. The van der Waals surface area contributed by atoms with Crippen molar-refractivity contribution in [2.24, 2.45) is 0 Å². The van der Waals surface area contributed by atoms with Gasteiger partial charge in [-0.2, -0.15) is 0 Å². The van der Waals surface area contributed by atoms with Gasteiger partial charge in [-0.3, -0.25) is 4.90 Å². The van der Waals surface area contributed by atoms with E-state index in [1.54, 1.807) is 0 Å². The molecule has 2 atom stereocenters. The van der Waals surface area contributed by atoms with E-state index in [4.69, 9.17) is 0 Å². The minimum atomic E-state index is 0.469. The SMILES string of the molecule is Cc1nccc(C2CCN([C@@H]3SC3(C)C)C2)n1. The molecule has 4 heteroatoms. The van der Waals surface area contributed by atoms with E-state index in [9.17, 15) is 0 Å². The maximum Gasteiger partial charge on any atom is 0.125 e. The minimum absolute atomic E-state index is 0.469. The first-order valence-electron chi connectivity index (χ1n) is 6.28. The summed E-state index contributed by atoms with van der Waals surface area (Å²) in [4.78, 5) is 11.4. The standard InChI is InChI=1S/C13H19N3S/c1-9-14-6-4-11(15-9)10-5-7-16(8-10)12-13(2,3)17-12/h4,6,10,12H,5,7-8H2,1-3H3/t10?,12-/m1/s1. The smallest absolute Gasteiger partial charge is 0.125 e. The number of aryl methyl sites for hydroxylation is 1. The zero-order chi connectivity index (χ0) is 12.0. The lowest BCUT2D eigenvalue weighted by Gasteiger charge is -2.16. The van der Waals surface area contributed by atoms with Gasteiger partial charge in [-0.05, 0) is 39.8 Å². The van der Waals surface area contributed by atoms with Gasteiger partial charge >= 0.3 is 0 Å². The van der Waals surface area contributed by atoms with E-state index in [-0.39, 0.29) is 0 Å². The first-order valence-corrected chi connectivity index (χ1v) is 7.16. The summed E-state index contributed by atoms with van der Waals surface area (Å²) in [6, 6.07) is 2.08. The topological polar surface area (TPSA) is 29.0 Å². The Balaban J connectivity index is 1.68. The Morgan fingerprint density at radius 1 is 1.47 bits per heavy atom. The van der Waals surface area contributed by atoms with Crippen molar-refractivity contribution in [1.82, 2.24) is 14.9 Å². The van der Waals surface area contributed by atoms with E-state index in [1.165, 1.54) is 18.7 Å². The van der Waals surface area contributed by atoms with Crippen molar-refractivity contribution in [3.8, 4) is 0 Å². The molecule has 2 aliphatic rings. The van der Waals surface area contributed by atoms with Crippen LogP contribution >= 0.6 is 11.8 Å². The van der Waals surface area contributed by atoms with Gasteiger partial charge in [-0.25, -0.2) is 9.97 Å². The van der Waals surface area contributed by atoms with Crippen LogP contribution < -0.4 is 0 Å². The first-order chi connectivity index (χ1) is 8.06. The maximum absolute atomic E-state index is 4.56. The van der Waals surface area contributed by atoms with E-state index in [0.717, 1.165) is 17.7 Å². The zero-order valence-electron chi connectivity index (χ0n) is 10.7. The summed E-state index contributed by atoms with van der Waals surface area (Å²) in [5.41, 5.74) is 1.23. The molecule has 0 saturated carbocycles. The van der Waals surface area contributed by atoms with Crippen LogP contribution in [0.25, 0.3) is 0 Å². The summed E-state index contributed by atoms with van der Waals surface area (Å²) in [5, 5.41) is 0.732. The second-order valence-electron chi connectivity index (χ2n) is 5.58. The fourth-order valence-electron chi connectivity index (χ4n) is 2.71. The Bertz CT molecular complexity index is 432. The predicted octanol–water partition coefficient (Wildman–Crippen LogP) is 2.43. The maximum atomic E-state index is 4.56. The lowest BCUT2D eigenvalue weighted by Crippen LogP contribution is -2.27. The van der Waals surface area contributed by atoms with Gasteiger partial charge in [0.2, 0.25) is 0 Å². The highest BCUT2D eigenvalue weighted by Crippen LogP contribution is 2.55. The predicted molar refractivity (Wildman–Crippen MR) is 71.2 cm³/mol.